The molecule has 1 atom stereocenters. The maximum atomic E-state index is 4.26. The van der Waals surface area contributed by atoms with E-state index in [1.807, 2.05) is 31.2 Å². The molecule has 0 saturated heterocycles. The summed E-state index contributed by atoms with van der Waals surface area (Å²) in [4.78, 5) is 4.71. The zero-order chi connectivity index (χ0) is 32.1. The average Bonchev–Trinajstić information content (AvgIpc) is 3.09. The molecule has 1 aliphatic rings. The van der Waals surface area contributed by atoms with Crippen molar-refractivity contribution in [1.29, 1.82) is 0 Å². The predicted molar refractivity (Wildman–Crippen MR) is 201 cm³/mol. The molecule has 0 N–H and O–H groups in total. The van der Waals surface area contributed by atoms with E-state index < -0.39 is 0 Å². The first-order chi connectivity index (χ1) is 22.3. The third-order valence-electron chi connectivity index (χ3n) is 9.04. The van der Waals surface area contributed by atoms with Gasteiger partial charge in [-0.25, -0.2) is 0 Å². The van der Waals surface area contributed by atoms with E-state index in [9.17, 15) is 0 Å². The molecule has 0 heterocycles. The first kappa shape index (κ1) is 30.7. The molecule has 5 aromatic rings. The molecule has 46 heavy (non-hydrogen) atoms. The molecule has 0 fully saturated rings. The van der Waals surface area contributed by atoms with Gasteiger partial charge in [0.1, 0.15) is 0 Å². The van der Waals surface area contributed by atoms with Gasteiger partial charge in [-0.3, -0.25) is 0 Å². The lowest BCUT2D eigenvalue weighted by atomic mass is 9.87. The average molecular weight is 599 g/mol. The van der Waals surface area contributed by atoms with E-state index in [0.717, 1.165) is 34.6 Å². The molecule has 0 amide bonds. The van der Waals surface area contributed by atoms with E-state index in [-0.39, 0.29) is 5.54 Å². The molecular weight excluding hydrogens is 556 g/mol. The van der Waals surface area contributed by atoms with Gasteiger partial charge in [-0.2, -0.15) is 0 Å². The highest BCUT2D eigenvalue weighted by Gasteiger charge is 2.28. The molecule has 6 rings (SSSR count). The molecule has 228 valence electrons. The van der Waals surface area contributed by atoms with Gasteiger partial charge in [0.05, 0.1) is 5.54 Å². The molecular formula is C44H42N2. The van der Waals surface area contributed by atoms with Crippen LogP contribution in [-0.4, -0.2) is 12.6 Å². The summed E-state index contributed by atoms with van der Waals surface area (Å²) in [5.41, 5.74) is 10.4. The second-order valence-electron chi connectivity index (χ2n) is 12.4. The third-order valence-corrected chi connectivity index (χ3v) is 9.04. The van der Waals surface area contributed by atoms with E-state index in [2.05, 4.69) is 171 Å². The first-order valence-corrected chi connectivity index (χ1v) is 16.0. The Kier molecular flexibility index (Phi) is 8.90. The van der Waals surface area contributed by atoms with Gasteiger partial charge in [0.2, 0.25) is 0 Å². The summed E-state index contributed by atoms with van der Waals surface area (Å²) in [7, 11) is 2.19. The molecule has 1 aliphatic carbocycles. The maximum Gasteiger partial charge on any atom is 0.0593 e. The minimum absolute atomic E-state index is 0.0250. The largest absolute Gasteiger partial charge is 0.365 e. The molecule has 2 heteroatoms. The fourth-order valence-corrected chi connectivity index (χ4v) is 6.27. The van der Waals surface area contributed by atoms with Crippen molar-refractivity contribution in [3.63, 3.8) is 0 Å². The SMILES string of the molecule is C=C(/C=C\C=C/C)c1ccc(N(c2ccc(-c3ccc(N(C)C4(C)C=CC=C(C)C4)cc3)cc2)c2ccc3ccccc3c2)cc1. The summed E-state index contributed by atoms with van der Waals surface area (Å²) < 4.78 is 0. The number of rotatable bonds is 9. The maximum absolute atomic E-state index is 4.26. The van der Waals surface area contributed by atoms with Crippen LogP contribution in [0, 0.1) is 0 Å². The Labute approximate surface area is 274 Å². The van der Waals surface area contributed by atoms with E-state index in [1.54, 1.807) is 0 Å². The van der Waals surface area contributed by atoms with Crippen LogP contribution in [0.25, 0.3) is 27.5 Å². The Balaban J connectivity index is 1.30. The number of anilines is 4. The number of likely N-dealkylation sites (N-methyl/N-ethyl adjacent to an activating group) is 1. The van der Waals surface area contributed by atoms with Crippen LogP contribution in [-0.2, 0) is 0 Å². The van der Waals surface area contributed by atoms with Crippen LogP contribution in [0.1, 0.15) is 32.8 Å². The topological polar surface area (TPSA) is 6.48 Å². The highest BCUT2D eigenvalue weighted by atomic mass is 15.2. The van der Waals surface area contributed by atoms with Crippen molar-refractivity contribution in [2.75, 3.05) is 16.8 Å². The first-order valence-electron chi connectivity index (χ1n) is 16.0. The van der Waals surface area contributed by atoms with Crippen LogP contribution >= 0.6 is 0 Å². The van der Waals surface area contributed by atoms with Gasteiger partial charge in [-0.05, 0) is 109 Å². The van der Waals surface area contributed by atoms with Gasteiger partial charge in [-0.15, -0.1) is 0 Å². The number of fused-ring (bicyclic) bond motifs is 1. The fraction of sp³-hybridized carbons (Fsp3) is 0.136. The normalized spacial score (nSPS) is 16.2. The summed E-state index contributed by atoms with van der Waals surface area (Å²) in [6, 6.07) is 41.7. The predicted octanol–water partition coefficient (Wildman–Crippen LogP) is 12.2. The number of nitrogens with zero attached hydrogens (tertiary/aromatic N) is 2. The summed E-state index contributed by atoms with van der Waals surface area (Å²) >= 11 is 0. The lowest BCUT2D eigenvalue weighted by Crippen LogP contribution is -2.43. The van der Waals surface area contributed by atoms with Crippen LogP contribution < -0.4 is 9.80 Å². The lowest BCUT2D eigenvalue weighted by Gasteiger charge is -2.40. The quantitative estimate of drug-likeness (QED) is 0.156. The fourth-order valence-electron chi connectivity index (χ4n) is 6.27. The molecule has 1 unspecified atom stereocenters. The Hall–Kier alpha value is -5.34. The van der Waals surface area contributed by atoms with Crippen molar-refractivity contribution in [3.8, 4) is 11.1 Å². The summed E-state index contributed by atoms with van der Waals surface area (Å²) in [5.74, 6) is 0. The van der Waals surface area contributed by atoms with Gasteiger partial charge < -0.3 is 9.80 Å². The number of benzene rings is 5. The molecule has 0 aliphatic heterocycles. The van der Waals surface area contributed by atoms with Gasteiger partial charge in [0.15, 0.2) is 0 Å². The van der Waals surface area contributed by atoms with Crippen molar-refractivity contribution in [2.24, 2.45) is 0 Å². The molecule has 0 aromatic heterocycles. The smallest absolute Gasteiger partial charge is 0.0593 e. The highest BCUT2D eigenvalue weighted by molar-refractivity contribution is 5.89. The molecule has 0 spiro atoms. The van der Waals surface area contributed by atoms with Gasteiger partial charge in [0.25, 0.3) is 0 Å². The van der Waals surface area contributed by atoms with Crippen LogP contribution in [0.15, 0.2) is 170 Å². The summed E-state index contributed by atoms with van der Waals surface area (Å²) in [6.45, 7) is 10.8. The van der Waals surface area contributed by atoms with Crippen molar-refractivity contribution in [3.05, 3.63) is 176 Å². The highest BCUT2D eigenvalue weighted by Crippen LogP contribution is 2.38. The Morgan fingerprint density at radius 2 is 1.30 bits per heavy atom. The molecule has 5 aromatic carbocycles. The lowest BCUT2D eigenvalue weighted by molar-refractivity contribution is 0.535. The summed E-state index contributed by atoms with van der Waals surface area (Å²) in [5, 5.41) is 2.45. The van der Waals surface area contributed by atoms with Crippen molar-refractivity contribution < 1.29 is 0 Å². The minimum Gasteiger partial charge on any atom is -0.365 e. The van der Waals surface area contributed by atoms with Crippen molar-refractivity contribution >= 4 is 39.1 Å². The van der Waals surface area contributed by atoms with E-state index >= 15 is 0 Å². The third kappa shape index (κ3) is 6.53. The number of hydrogen-bond acceptors (Lipinski definition) is 2. The van der Waals surface area contributed by atoms with Crippen LogP contribution in [0.5, 0.6) is 0 Å². The zero-order valence-corrected chi connectivity index (χ0v) is 27.3. The molecule has 0 bridgehead atoms. The number of allylic oxidation sites excluding steroid dienone is 7. The van der Waals surface area contributed by atoms with Crippen molar-refractivity contribution in [2.45, 2.75) is 32.7 Å². The molecule has 2 nitrogen and oxygen atoms in total. The van der Waals surface area contributed by atoms with Gasteiger partial charge in [0, 0.05) is 29.8 Å². The van der Waals surface area contributed by atoms with Crippen LogP contribution in [0.3, 0.4) is 0 Å². The van der Waals surface area contributed by atoms with Crippen LogP contribution in [0.4, 0.5) is 22.7 Å². The zero-order valence-electron chi connectivity index (χ0n) is 27.3. The second kappa shape index (κ2) is 13.3. The van der Waals surface area contributed by atoms with Gasteiger partial charge in [-0.1, -0.05) is 121 Å². The Morgan fingerprint density at radius 3 is 1.93 bits per heavy atom. The second-order valence-corrected chi connectivity index (χ2v) is 12.4. The van der Waals surface area contributed by atoms with E-state index in [1.165, 1.54) is 33.2 Å². The Morgan fingerprint density at radius 1 is 0.717 bits per heavy atom. The molecule has 0 saturated carbocycles. The Bertz CT molecular complexity index is 1950. The van der Waals surface area contributed by atoms with Gasteiger partial charge >= 0.3 is 0 Å². The minimum atomic E-state index is -0.0250. The van der Waals surface area contributed by atoms with Crippen LogP contribution in [0.2, 0.25) is 0 Å². The van der Waals surface area contributed by atoms with Crippen molar-refractivity contribution in [1.82, 2.24) is 0 Å². The monoisotopic (exact) mass is 598 g/mol. The standard InChI is InChI=1S/C44H42N2/c1-6-7-8-13-34(3)35-16-25-41(26-17-35)46(43-29-22-36-14-9-10-15-39(36)31-43)42-27-20-38(21-28-42)37-18-23-40(24-19-37)45(5)44(4)30-11-12-33(2)32-44/h6-31H,3,32H2,1-2,4-5H3/b7-6-,13-8-. The van der Waals surface area contributed by atoms with E-state index in [4.69, 9.17) is 0 Å². The van der Waals surface area contributed by atoms with E-state index in [0.29, 0.717) is 0 Å². The number of hydrogen-bond donors (Lipinski definition) is 0. The molecule has 0 radical (unpaired) electrons. The summed E-state index contributed by atoms with van der Waals surface area (Å²) in [6.07, 6.45) is 15.8.